The molecule has 1 N–H and O–H groups in total. The zero-order chi connectivity index (χ0) is 17.6. The van der Waals surface area contributed by atoms with Crippen LogP contribution < -0.4 is 5.32 Å². The van der Waals surface area contributed by atoms with E-state index in [1.165, 1.54) is 6.42 Å². The Hall–Kier alpha value is -2.04. The van der Waals surface area contributed by atoms with E-state index < -0.39 is 0 Å². The predicted molar refractivity (Wildman–Crippen MR) is 99.7 cm³/mol. The van der Waals surface area contributed by atoms with Crippen LogP contribution in [0.5, 0.6) is 0 Å². The van der Waals surface area contributed by atoms with E-state index in [2.05, 4.69) is 12.2 Å². The molecule has 0 bridgehead atoms. The fraction of sp³-hybridized carbons (Fsp3) is 0.600. The molecule has 5 nitrogen and oxygen atoms in total. The van der Waals surface area contributed by atoms with Crippen LogP contribution in [0, 0.1) is 5.92 Å². The standard InChI is InChI=1S/C20H29N3O2/c1-16-9-13-23(14-10-16)20(25)17-5-7-18(8-6-17)21-15-19(24)22-11-3-2-4-12-22/h5-8,16,21H,2-4,9-15H2,1H3. The summed E-state index contributed by atoms with van der Waals surface area (Å²) in [5, 5.41) is 3.18. The molecule has 0 radical (unpaired) electrons. The van der Waals surface area contributed by atoms with Crippen molar-refractivity contribution < 1.29 is 9.59 Å². The molecule has 2 heterocycles. The second kappa shape index (κ2) is 8.37. The molecule has 5 heteroatoms. The molecule has 0 aliphatic carbocycles. The first kappa shape index (κ1) is 17.8. The average molecular weight is 343 g/mol. The molecular formula is C20H29N3O2. The van der Waals surface area contributed by atoms with Gasteiger partial charge in [-0.25, -0.2) is 0 Å². The molecule has 0 spiro atoms. The summed E-state index contributed by atoms with van der Waals surface area (Å²) in [4.78, 5) is 28.6. The summed E-state index contributed by atoms with van der Waals surface area (Å²) in [5.41, 5.74) is 1.61. The third-order valence-electron chi connectivity index (χ3n) is 5.36. The van der Waals surface area contributed by atoms with E-state index in [0.29, 0.717) is 12.5 Å². The molecule has 1 aromatic rings. The van der Waals surface area contributed by atoms with Gasteiger partial charge in [0.1, 0.15) is 0 Å². The first-order valence-corrected chi connectivity index (χ1v) is 9.54. The summed E-state index contributed by atoms with van der Waals surface area (Å²) >= 11 is 0. The van der Waals surface area contributed by atoms with E-state index in [0.717, 1.165) is 63.1 Å². The van der Waals surface area contributed by atoms with E-state index >= 15 is 0 Å². The fourth-order valence-electron chi connectivity index (χ4n) is 3.56. The minimum absolute atomic E-state index is 0.114. The zero-order valence-electron chi connectivity index (χ0n) is 15.2. The quantitative estimate of drug-likeness (QED) is 0.914. The van der Waals surface area contributed by atoms with Crippen molar-refractivity contribution in [3.05, 3.63) is 29.8 Å². The largest absolute Gasteiger partial charge is 0.376 e. The van der Waals surface area contributed by atoms with Gasteiger partial charge in [0.2, 0.25) is 5.91 Å². The molecule has 136 valence electrons. The maximum atomic E-state index is 12.5. The van der Waals surface area contributed by atoms with E-state index in [1.54, 1.807) is 0 Å². The number of carbonyl (C=O) groups is 2. The van der Waals surface area contributed by atoms with Crippen molar-refractivity contribution in [3.8, 4) is 0 Å². The second-order valence-electron chi connectivity index (χ2n) is 7.35. The lowest BCUT2D eigenvalue weighted by Gasteiger charge is -2.30. The van der Waals surface area contributed by atoms with Gasteiger partial charge in [0, 0.05) is 37.4 Å². The van der Waals surface area contributed by atoms with Gasteiger partial charge in [-0.2, -0.15) is 0 Å². The number of anilines is 1. The van der Waals surface area contributed by atoms with Gasteiger partial charge >= 0.3 is 0 Å². The molecule has 0 saturated carbocycles. The number of nitrogens with one attached hydrogen (secondary N) is 1. The molecule has 0 aromatic heterocycles. The highest BCUT2D eigenvalue weighted by Gasteiger charge is 2.21. The van der Waals surface area contributed by atoms with Gasteiger partial charge in [-0.15, -0.1) is 0 Å². The van der Waals surface area contributed by atoms with Crippen LogP contribution in [0.1, 0.15) is 49.4 Å². The molecule has 3 rings (SSSR count). The molecule has 0 atom stereocenters. The van der Waals surface area contributed by atoms with Crippen molar-refractivity contribution in [2.45, 2.75) is 39.0 Å². The summed E-state index contributed by atoms with van der Waals surface area (Å²) in [7, 11) is 0. The highest BCUT2D eigenvalue weighted by atomic mass is 16.2. The number of carbonyl (C=O) groups excluding carboxylic acids is 2. The monoisotopic (exact) mass is 343 g/mol. The molecule has 2 aliphatic rings. The Kier molecular flexibility index (Phi) is 5.95. The van der Waals surface area contributed by atoms with Crippen LogP contribution in [0.4, 0.5) is 5.69 Å². The summed E-state index contributed by atoms with van der Waals surface area (Å²) in [6, 6.07) is 7.49. The van der Waals surface area contributed by atoms with Crippen molar-refractivity contribution in [2.24, 2.45) is 5.92 Å². The number of nitrogens with zero attached hydrogens (tertiary/aromatic N) is 2. The predicted octanol–water partition coefficient (Wildman–Crippen LogP) is 2.98. The highest BCUT2D eigenvalue weighted by molar-refractivity contribution is 5.94. The summed E-state index contributed by atoms with van der Waals surface area (Å²) in [6.07, 6.45) is 5.62. The number of amides is 2. The smallest absolute Gasteiger partial charge is 0.253 e. The van der Waals surface area contributed by atoms with Crippen molar-refractivity contribution in [1.29, 1.82) is 0 Å². The van der Waals surface area contributed by atoms with Gasteiger partial charge in [0.25, 0.3) is 5.91 Å². The molecule has 2 fully saturated rings. The van der Waals surface area contributed by atoms with Crippen LogP contribution in [-0.4, -0.2) is 54.3 Å². The van der Waals surface area contributed by atoms with Crippen LogP contribution >= 0.6 is 0 Å². The Labute approximate surface area is 150 Å². The summed E-state index contributed by atoms with van der Waals surface area (Å²) in [6.45, 7) is 6.02. The number of piperidine rings is 2. The molecular weight excluding hydrogens is 314 g/mol. The first-order chi connectivity index (χ1) is 12.1. The van der Waals surface area contributed by atoms with Crippen LogP contribution in [0.3, 0.4) is 0 Å². The summed E-state index contributed by atoms with van der Waals surface area (Å²) in [5.74, 6) is 0.984. The van der Waals surface area contributed by atoms with Gasteiger partial charge in [0.15, 0.2) is 0 Å². The average Bonchev–Trinajstić information content (AvgIpc) is 2.67. The first-order valence-electron chi connectivity index (χ1n) is 9.54. The maximum Gasteiger partial charge on any atom is 0.253 e. The van der Waals surface area contributed by atoms with Crippen molar-refractivity contribution in [3.63, 3.8) is 0 Å². The maximum absolute atomic E-state index is 12.5. The Morgan fingerprint density at radius 3 is 2.24 bits per heavy atom. The van der Waals surface area contributed by atoms with Gasteiger partial charge in [-0.1, -0.05) is 6.92 Å². The summed E-state index contributed by atoms with van der Waals surface area (Å²) < 4.78 is 0. The third-order valence-corrected chi connectivity index (χ3v) is 5.36. The Balaban J connectivity index is 1.50. The lowest BCUT2D eigenvalue weighted by Crippen LogP contribution is -2.39. The van der Waals surface area contributed by atoms with Crippen molar-refractivity contribution in [1.82, 2.24) is 9.80 Å². The van der Waals surface area contributed by atoms with Gasteiger partial charge < -0.3 is 15.1 Å². The van der Waals surface area contributed by atoms with Crippen LogP contribution in [0.15, 0.2) is 24.3 Å². The number of benzene rings is 1. The Morgan fingerprint density at radius 1 is 0.960 bits per heavy atom. The number of hydrogen-bond donors (Lipinski definition) is 1. The second-order valence-corrected chi connectivity index (χ2v) is 7.35. The minimum Gasteiger partial charge on any atom is -0.376 e. The third kappa shape index (κ3) is 4.74. The lowest BCUT2D eigenvalue weighted by atomic mass is 9.98. The topological polar surface area (TPSA) is 52.7 Å². The van der Waals surface area contributed by atoms with E-state index in [9.17, 15) is 9.59 Å². The normalized spacial score (nSPS) is 18.9. The Bertz CT molecular complexity index is 585. The van der Waals surface area contributed by atoms with Crippen LogP contribution in [0.2, 0.25) is 0 Å². The minimum atomic E-state index is 0.114. The molecule has 2 amide bonds. The Morgan fingerprint density at radius 2 is 1.60 bits per heavy atom. The number of likely N-dealkylation sites (tertiary alicyclic amines) is 2. The van der Waals surface area contributed by atoms with E-state index in [-0.39, 0.29) is 11.8 Å². The number of hydrogen-bond acceptors (Lipinski definition) is 3. The van der Waals surface area contributed by atoms with Gasteiger partial charge in [0.05, 0.1) is 6.54 Å². The molecule has 25 heavy (non-hydrogen) atoms. The van der Waals surface area contributed by atoms with E-state index in [1.807, 2.05) is 34.1 Å². The van der Waals surface area contributed by atoms with E-state index in [4.69, 9.17) is 0 Å². The van der Waals surface area contributed by atoms with Gasteiger partial charge in [-0.05, 0) is 62.3 Å². The van der Waals surface area contributed by atoms with Crippen LogP contribution in [0.25, 0.3) is 0 Å². The molecule has 0 unspecified atom stereocenters. The fourth-order valence-corrected chi connectivity index (χ4v) is 3.56. The van der Waals surface area contributed by atoms with Crippen LogP contribution in [-0.2, 0) is 4.79 Å². The van der Waals surface area contributed by atoms with Gasteiger partial charge in [-0.3, -0.25) is 9.59 Å². The highest BCUT2D eigenvalue weighted by Crippen LogP contribution is 2.19. The molecule has 2 aliphatic heterocycles. The lowest BCUT2D eigenvalue weighted by molar-refractivity contribution is -0.130. The van der Waals surface area contributed by atoms with Crippen molar-refractivity contribution in [2.75, 3.05) is 38.0 Å². The van der Waals surface area contributed by atoms with Crippen molar-refractivity contribution >= 4 is 17.5 Å². The molecule has 1 aromatic carbocycles. The SMILES string of the molecule is CC1CCN(C(=O)c2ccc(NCC(=O)N3CCCCC3)cc2)CC1. The number of rotatable bonds is 4. The zero-order valence-corrected chi connectivity index (χ0v) is 15.2. The molecule has 2 saturated heterocycles.